The number of fused-ring (bicyclic) bond motifs is 4. The molecule has 192 valence electrons. The van der Waals surface area contributed by atoms with E-state index in [1.54, 1.807) is 29.2 Å². The van der Waals surface area contributed by atoms with Crippen molar-refractivity contribution in [3.05, 3.63) is 64.8 Å². The van der Waals surface area contributed by atoms with Crippen molar-refractivity contribution in [3.8, 4) is 11.5 Å². The Morgan fingerprint density at radius 2 is 2.00 bits per heavy atom. The molecular weight excluding hydrogens is 490 g/mol. The number of ether oxygens (including phenoxy) is 1. The molecule has 3 aromatic carbocycles. The second-order valence-corrected chi connectivity index (χ2v) is 10.2. The van der Waals surface area contributed by atoms with Gasteiger partial charge in [0.25, 0.3) is 5.91 Å². The first-order valence-corrected chi connectivity index (χ1v) is 12.8. The molecule has 37 heavy (non-hydrogen) atoms. The number of aromatic hydroxyl groups is 1. The lowest BCUT2D eigenvalue weighted by Gasteiger charge is -2.18. The predicted molar refractivity (Wildman–Crippen MR) is 148 cm³/mol. The molecule has 0 unspecified atom stereocenters. The highest BCUT2D eigenvalue weighted by atomic mass is 35.5. The number of hydrogen-bond acceptors (Lipinski definition) is 5. The third-order valence-electron chi connectivity index (χ3n) is 7.03. The van der Waals surface area contributed by atoms with Gasteiger partial charge in [-0.1, -0.05) is 18.2 Å². The molecule has 2 heterocycles. The maximum absolute atomic E-state index is 13.8. The molecule has 1 aromatic heterocycles. The zero-order chi connectivity index (χ0) is 26.4. The number of H-pyrrole nitrogens is 1. The van der Waals surface area contributed by atoms with Crippen LogP contribution in [0.3, 0.4) is 0 Å². The number of alkyl halides is 1. The minimum absolute atomic E-state index is 0.0600. The van der Waals surface area contributed by atoms with Gasteiger partial charge in [0.2, 0.25) is 0 Å². The van der Waals surface area contributed by atoms with E-state index < -0.39 is 0 Å². The van der Waals surface area contributed by atoms with Crippen LogP contribution in [0.1, 0.15) is 44.8 Å². The number of amides is 1. The minimum Gasteiger partial charge on any atom is -0.507 e. The molecule has 2 N–H and O–H groups in total. The van der Waals surface area contributed by atoms with Crippen LogP contribution in [0.2, 0.25) is 0 Å². The number of nitrogens with one attached hydrogen (secondary N) is 1. The largest absolute Gasteiger partial charge is 0.507 e. The SMILES string of the molecule is CC(=O)c1cc2cc(C(=O)N3C[C@@H](CCl)c4c3cc(O)c3cccc(C)c43)[nH]c2cc1OCCN(C)C. The third-order valence-corrected chi connectivity index (χ3v) is 7.40. The van der Waals surface area contributed by atoms with Crippen LogP contribution >= 0.6 is 11.6 Å². The Bertz CT molecular complexity index is 1540. The molecule has 0 fully saturated rings. The number of rotatable bonds is 7. The van der Waals surface area contributed by atoms with Crippen molar-refractivity contribution in [2.75, 3.05) is 44.6 Å². The molecule has 0 spiro atoms. The Labute approximate surface area is 220 Å². The zero-order valence-electron chi connectivity index (χ0n) is 21.4. The summed E-state index contributed by atoms with van der Waals surface area (Å²) in [7, 11) is 3.91. The Kier molecular flexibility index (Phi) is 6.60. The van der Waals surface area contributed by atoms with Gasteiger partial charge in [0, 0.05) is 53.3 Å². The quantitative estimate of drug-likeness (QED) is 0.250. The van der Waals surface area contributed by atoms with E-state index in [1.807, 2.05) is 44.1 Å². The zero-order valence-corrected chi connectivity index (χ0v) is 22.1. The molecular formula is C29H30ClN3O4. The first-order chi connectivity index (χ1) is 17.7. The van der Waals surface area contributed by atoms with Gasteiger partial charge in [0.1, 0.15) is 23.8 Å². The van der Waals surface area contributed by atoms with Crippen LogP contribution < -0.4 is 9.64 Å². The number of phenols is 1. The number of hydrogen-bond donors (Lipinski definition) is 2. The van der Waals surface area contributed by atoms with Gasteiger partial charge in [0.15, 0.2) is 5.78 Å². The van der Waals surface area contributed by atoms with Crippen LogP contribution in [0.15, 0.2) is 42.5 Å². The number of aryl methyl sites for hydroxylation is 1. The van der Waals surface area contributed by atoms with Crippen molar-refractivity contribution in [1.29, 1.82) is 0 Å². The lowest BCUT2D eigenvalue weighted by Crippen LogP contribution is -2.30. The minimum atomic E-state index is -0.225. The highest BCUT2D eigenvalue weighted by Gasteiger charge is 2.36. The molecule has 8 heteroatoms. The fourth-order valence-corrected chi connectivity index (χ4v) is 5.42. The number of halogens is 1. The van der Waals surface area contributed by atoms with Crippen LogP contribution in [0.25, 0.3) is 21.7 Å². The van der Waals surface area contributed by atoms with Crippen molar-refractivity contribution in [1.82, 2.24) is 9.88 Å². The highest BCUT2D eigenvalue weighted by molar-refractivity contribution is 6.19. The number of carbonyl (C=O) groups excluding carboxylic acids is 2. The third kappa shape index (κ3) is 4.43. The molecule has 0 bridgehead atoms. The van der Waals surface area contributed by atoms with Crippen LogP contribution in [-0.2, 0) is 0 Å². The first-order valence-electron chi connectivity index (χ1n) is 12.3. The van der Waals surface area contributed by atoms with E-state index in [2.05, 4.69) is 4.98 Å². The first kappa shape index (κ1) is 25.1. The molecule has 1 atom stereocenters. The van der Waals surface area contributed by atoms with Crippen molar-refractivity contribution in [2.24, 2.45) is 0 Å². The van der Waals surface area contributed by atoms with Gasteiger partial charge in [-0.25, -0.2) is 0 Å². The van der Waals surface area contributed by atoms with Gasteiger partial charge in [-0.05, 0) is 56.6 Å². The van der Waals surface area contributed by atoms with Gasteiger partial charge < -0.3 is 24.6 Å². The number of anilines is 1. The second kappa shape index (κ2) is 9.72. The summed E-state index contributed by atoms with van der Waals surface area (Å²) in [4.78, 5) is 33.0. The summed E-state index contributed by atoms with van der Waals surface area (Å²) in [5.74, 6) is 0.586. The number of nitrogens with zero attached hydrogens (tertiary/aromatic N) is 2. The normalized spacial score (nSPS) is 15.1. The van der Waals surface area contributed by atoms with E-state index in [4.69, 9.17) is 16.3 Å². The molecule has 1 aliphatic rings. The van der Waals surface area contributed by atoms with Crippen molar-refractivity contribution in [2.45, 2.75) is 19.8 Å². The Hall–Kier alpha value is -3.55. The summed E-state index contributed by atoms with van der Waals surface area (Å²) < 4.78 is 5.91. The predicted octanol–water partition coefficient (Wildman–Crippen LogP) is 5.46. The Balaban J connectivity index is 1.55. The Morgan fingerprint density at radius 1 is 1.22 bits per heavy atom. The fourth-order valence-electron chi connectivity index (χ4n) is 5.17. The number of Topliss-reactive ketones (excluding diaryl/α,β-unsaturated/α-hetero) is 1. The summed E-state index contributed by atoms with van der Waals surface area (Å²) in [6, 6.07) is 12.8. The van der Waals surface area contributed by atoms with Crippen LogP contribution in [0, 0.1) is 6.92 Å². The van der Waals surface area contributed by atoms with Gasteiger partial charge in [-0.3, -0.25) is 9.59 Å². The van der Waals surface area contributed by atoms with Gasteiger partial charge in [0.05, 0.1) is 11.3 Å². The topological polar surface area (TPSA) is 85.9 Å². The van der Waals surface area contributed by atoms with Crippen molar-refractivity contribution < 1.29 is 19.4 Å². The fraction of sp³-hybridized carbons (Fsp3) is 0.310. The maximum Gasteiger partial charge on any atom is 0.274 e. The molecule has 7 nitrogen and oxygen atoms in total. The Morgan fingerprint density at radius 3 is 2.70 bits per heavy atom. The summed E-state index contributed by atoms with van der Waals surface area (Å²) in [6.07, 6.45) is 0. The average Bonchev–Trinajstić information content (AvgIpc) is 3.44. The monoisotopic (exact) mass is 519 g/mol. The maximum atomic E-state index is 13.8. The van der Waals surface area contributed by atoms with Crippen LogP contribution in [0.5, 0.6) is 11.5 Å². The van der Waals surface area contributed by atoms with E-state index in [-0.39, 0.29) is 23.4 Å². The summed E-state index contributed by atoms with van der Waals surface area (Å²) in [5.41, 5.74) is 4.26. The smallest absolute Gasteiger partial charge is 0.274 e. The van der Waals surface area contributed by atoms with Gasteiger partial charge >= 0.3 is 0 Å². The molecule has 0 saturated carbocycles. The van der Waals surface area contributed by atoms with E-state index in [1.165, 1.54) is 6.92 Å². The molecule has 5 rings (SSSR count). The lowest BCUT2D eigenvalue weighted by atomic mass is 9.92. The number of carbonyl (C=O) groups is 2. The summed E-state index contributed by atoms with van der Waals surface area (Å²) in [6.45, 7) is 5.07. The number of ketones is 1. The molecule has 0 saturated heterocycles. The molecule has 4 aromatic rings. The number of phenolic OH excluding ortho intramolecular Hbond substituents is 1. The number of benzene rings is 3. The van der Waals surface area contributed by atoms with E-state index in [0.717, 1.165) is 27.3 Å². The second-order valence-electron chi connectivity index (χ2n) is 9.92. The number of likely N-dealkylation sites (N-methyl/N-ethyl adjacent to an activating group) is 1. The van der Waals surface area contributed by atoms with Gasteiger partial charge in [-0.2, -0.15) is 0 Å². The molecule has 0 aliphatic carbocycles. The van der Waals surface area contributed by atoms with E-state index in [9.17, 15) is 14.7 Å². The highest BCUT2D eigenvalue weighted by Crippen LogP contribution is 2.46. The van der Waals surface area contributed by atoms with Crippen LogP contribution in [-0.4, -0.2) is 66.4 Å². The standard InChI is InChI=1S/C29H30ClN3O4/c1-16-6-5-7-20-25(35)13-24-28(27(16)20)19(14-30)15-33(24)29(36)23-11-18-10-21(17(2)34)26(12-22(18)31-23)37-9-8-32(3)4/h5-7,10-13,19,31,35H,8-9,14-15H2,1-4H3/t19-/m1/s1. The van der Waals surface area contributed by atoms with E-state index >= 15 is 0 Å². The number of aromatic nitrogens is 1. The lowest BCUT2D eigenvalue weighted by molar-refractivity contribution is 0.0982. The summed E-state index contributed by atoms with van der Waals surface area (Å²) >= 11 is 6.38. The van der Waals surface area contributed by atoms with Crippen molar-refractivity contribution in [3.63, 3.8) is 0 Å². The van der Waals surface area contributed by atoms with Crippen LogP contribution in [0.4, 0.5) is 5.69 Å². The average molecular weight is 520 g/mol. The van der Waals surface area contributed by atoms with E-state index in [0.29, 0.717) is 53.8 Å². The van der Waals surface area contributed by atoms with Gasteiger partial charge in [-0.15, -0.1) is 11.6 Å². The van der Waals surface area contributed by atoms with Crippen molar-refractivity contribution >= 4 is 50.7 Å². The molecule has 1 aliphatic heterocycles. The molecule has 0 radical (unpaired) electrons. The number of aromatic amines is 1. The molecule has 1 amide bonds. The summed E-state index contributed by atoms with van der Waals surface area (Å²) in [5, 5.41) is 13.2.